The Hall–Kier alpha value is -4.78. The van der Waals surface area contributed by atoms with Gasteiger partial charge in [-0.25, -0.2) is 29.3 Å². The molecule has 0 saturated heterocycles. The molecule has 3 rings (SSSR count). The molecule has 0 aromatic carbocycles. The third-order valence-electron chi connectivity index (χ3n) is 3.41. The second-order valence-electron chi connectivity index (χ2n) is 5.47. The number of nitrogens with zero attached hydrogens (tertiary/aromatic N) is 4. The van der Waals surface area contributed by atoms with Crippen molar-refractivity contribution in [3.05, 3.63) is 72.1 Å². The number of rotatable bonds is 6. The molecule has 0 saturated carbocycles. The summed E-state index contributed by atoms with van der Waals surface area (Å²) in [6, 6.07) is 7.38. The number of hydrogen-bond donors (Lipinski definition) is 3. The quantitative estimate of drug-likeness (QED) is 0.471. The van der Waals surface area contributed by atoms with Crippen LogP contribution in [-0.2, 0) is 14.5 Å². The molecular weight excluding hydrogens is 416 g/mol. The first-order valence-corrected chi connectivity index (χ1v) is 8.25. The Morgan fingerprint density at radius 3 is 1.16 bits per heavy atom. The van der Waals surface area contributed by atoms with Crippen LogP contribution in [0, 0.1) is 0 Å². The summed E-state index contributed by atoms with van der Waals surface area (Å²) < 4.78 is 0. The van der Waals surface area contributed by atoms with Crippen molar-refractivity contribution in [2.45, 2.75) is 0 Å². The molecule has 0 unspecified atom stereocenters. The van der Waals surface area contributed by atoms with Crippen LogP contribution in [0.2, 0.25) is 0 Å². The first kappa shape index (κ1) is 20.9. The summed E-state index contributed by atoms with van der Waals surface area (Å²) in [6.45, 7) is 0. The molecule has 0 aliphatic heterocycles. The Labute approximate surface area is 172 Å². The maximum absolute atomic E-state index is 12.2. The van der Waals surface area contributed by atoms with Gasteiger partial charge in [-0.05, 0) is 36.4 Å². The second kappa shape index (κ2) is 9.15. The lowest BCUT2D eigenvalue weighted by atomic mass is 10.3. The molecule has 0 bridgehead atoms. The van der Waals surface area contributed by atoms with Crippen LogP contribution in [0.4, 0.5) is 0 Å². The maximum atomic E-state index is 12.2. The average Bonchev–Trinajstić information content (AvgIpc) is 2.74. The lowest BCUT2D eigenvalue weighted by molar-refractivity contribution is -0.449. The standard InChI is InChI=1S/C18H12N4O9/c23-10-4-1-7-19-13(10)16(26)29-22(30-17(27)14-11(24)5-2-8-20-14)31-18(28)15-12(25)6-3-9-21-15/h1-9,23-25H. The molecule has 0 amide bonds. The summed E-state index contributed by atoms with van der Waals surface area (Å²) in [7, 11) is 0. The van der Waals surface area contributed by atoms with E-state index in [2.05, 4.69) is 29.5 Å². The fourth-order valence-electron chi connectivity index (χ4n) is 2.05. The minimum Gasteiger partial charge on any atom is -0.505 e. The van der Waals surface area contributed by atoms with E-state index in [0.717, 1.165) is 36.8 Å². The Morgan fingerprint density at radius 2 is 0.903 bits per heavy atom. The molecule has 0 atom stereocenters. The van der Waals surface area contributed by atoms with Gasteiger partial charge in [0.25, 0.3) is 0 Å². The molecule has 3 aromatic heterocycles. The first-order valence-electron chi connectivity index (χ1n) is 8.25. The first-order chi connectivity index (χ1) is 14.9. The van der Waals surface area contributed by atoms with E-state index < -0.39 is 52.2 Å². The molecule has 3 aromatic rings. The van der Waals surface area contributed by atoms with Gasteiger partial charge in [0.15, 0.2) is 17.1 Å². The summed E-state index contributed by atoms with van der Waals surface area (Å²) in [5, 5.41) is 28.8. The largest absolute Gasteiger partial charge is 0.505 e. The summed E-state index contributed by atoms with van der Waals surface area (Å²) in [6.07, 6.45) is 3.49. The minimum absolute atomic E-state index is 0.302. The second-order valence-corrected chi connectivity index (χ2v) is 5.47. The van der Waals surface area contributed by atoms with Gasteiger partial charge < -0.3 is 15.3 Å². The topological polar surface area (TPSA) is 181 Å². The van der Waals surface area contributed by atoms with Gasteiger partial charge in [-0.15, -0.1) is 0 Å². The number of aromatic hydroxyl groups is 3. The summed E-state index contributed by atoms with van der Waals surface area (Å²) in [5.41, 5.74) is -1.79. The SMILES string of the molecule is O=C(ON(OC(=O)c1ncccc1O)OC(=O)c1ncccc1O)c1ncccc1O. The number of aromatic nitrogens is 3. The molecule has 3 heterocycles. The number of pyridine rings is 3. The summed E-state index contributed by atoms with van der Waals surface area (Å²) >= 11 is 0. The van der Waals surface area contributed by atoms with E-state index in [-0.39, 0.29) is 5.39 Å². The van der Waals surface area contributed by atoms with Gasteiger partial charge in [-0.1, -0.05) is 0 Å². The Kier molecular flexibility index (Phi) is 6.18. The van der Waals surface area contributed by atoms with Crippen LogP contribution < -0.4 is 0 Å². The van der Waals surface area contributed by atoms with E-state index in [9.17, 15) is 29.7 Å². The van der Waals surface area contributed by atoms with E-state index in [4.69, 9.17) is 0 Å². The van der Waals surface area contributed by atoms with Gasteiger partial charge in [0.05, 0.1) is 0 Å². The fraction of sp³-hybridized carbons (Fsp3) is 0. The zero-order chi connectivity index (χ0) is 22.4. The van der Waals surface area contributed by atoms with Crippen LogP contribution in [0.5, 0.6) is 17.2 Å². The lowest BCUT2D eigenvalue weighted by Gasteiger charge is -2.17. The third-order valence-corrected chi connectivity index (χ3v) is 3.41. The molecule has 0 radical (unpaired) electrons. The maximum Gasteiger partial charge on any atom is 0.386 e. The number of carbonyl (C=O) groups is 3. The van der Waals surface area contributed by atoms with Crippen LogP contribution >= 0.6 is 0 Å². The molecule has 31 heavy (non-hydrogen) atoms. The van der Waals surface area contributed by atoms with Gasteiger partial charge in [0.1, 0.15) is 17.2 Å². The van der Waals surface area contributed by atoms with Crippen LogP contribution in [0.25, 0.3) is 0 Å². The fourth-order valence-corrected chi connectivity index (χ4v) is 2.05. The highest BCUT2D eigenvalue weighted by Gasteiger charge is 2.29. The van der Waals surface area contributed by atoms with Gasteiger partial charge in [-0.3, -0.25) is 14.5 Å². The predicted molar refractivity (Wildman–Crippen MR) is 95.8 cm³/mol. The van der Waals surface area contributed by atoms with Crippen LogP contribution in [0.1, 0.15) is 31.5 Å². The average molecular weight is 428 g/mol. The molecule has 13 nitrogen and oxygen atoms in total. The van der Waals surface area contributed by atoms with Crippen molar-refractivity contribution in [3.63, 3.8) is 0 Å². The smallest absolute Gasteiger partial charge is 0.386 e. The van der Waals surface area contributed by atoms with Crippen LogP contribution in [-0.4, -0.2) is 53.6 Å². The van der Waals surface area contributed by atoms with Gasteiger partial charge in [0, 0.05) is 18.6 Å². The zero-order valence-electron chi connectivity index (χ0n) is 15.3. The lowest BCUT2D eigenvalue weighted by Crippen LogP contribution is -2.33. The Balaban J connectivity index is 1.84. The van der Waals surface area contributed by atoms with E-state index in [1.165, 1.54) is 18.2 Å². The number of carbonyl (C=O) groups excluding carboxylic acids is 3. The minimum atomic E-state index is -1.38. The van der Waals surface area contributed by atoms with Crippen LogP contribution in [0.3, 0.4) is 0 Å². The highest BCUT2D eigenvalue weighted by molar-refractivity contribution is 5.92. The highest BCUT2D eigenvalue weighted by Crippen LogP contribution is 2.19. The summed E-state index contributed by atoms with van der Waals surface area (Å²) in [4.78, 5) is 61.5. The molecular formula is C18H12N4O9. The van der Waals surface area contributed by atoms with Crippen molar-refractivity contribution in [3.8, 4) is 17.2 Å². The summed E-state index contributed by atoms with van der Waals surface area (Å²) in [5.74, 6) is -5.86. The van der Waals surface area contributed by atoms with Crippen molar-refractivity contribution in [2.24, 2.45) is 0 Å². The predicted octanol–water partition coefficient (Wildman–Crippen LogP) is 0.906. The van der Waals surface area contributed by atoms with Gasteiger partial charge >= 0.3 is 17.9 Å². The molecule has 0 fully saturated rings. The van der Waals surface area contributed by atoms with Crippen molar-refractivity contribution in [1.82, 2.24) is 20.3 Å². The van der Waals surface area contributed by atoms with Crippen molar-refractivity contribution < 1.29 is 44.2 Å². The van der Waals surface area contributed by atoms with Crippen molar-refractivity contribution in [2.75, 3.05) is 0 Å². The molecule has 3 N–H and O–H groups in total. The third kappa shape index (κ3) is 4.99. The van der Waals surface area contributed by atoms with Gasteiger partial charge in [-0.2, -0.15) is 0 Å². The van der Waals surface area contributed by atoms with Gasteiger partial charge in [0.2, 0.25) is 5.39 Å². The van der Waals surface area contributed by atoms with E-state index in [1.54, 1.807) is 0 Å². The monoisotopic (exact) mass is 428 g/mol. The number of hydrogen-bond acceptors (Lipinski definition) is 13. The van der Waals surface area contributed by atoms with Crippen LogP contribution in [0.15, 0.2) is 55.0 Å². The Bertz CT molecular complexity index is 997. The molecule has 0 aliphatic carbocycles. The highest BCUT2D eigenvalue weighted by atomic mass is 17.2. The van der Waals surface area contributed by atoms with E-state index in [1.807, 2.05) is 0 Å². The molecule has 0 aliphatic rings. The molecule has 13 heteroatoms. The van der Waals surface area contributed by atoms with Crippen molar-refractivity contribution >= 4 is 17.9 Å². The van der Waals surface area contributed by atoms with E-state index in [0.29, 0.717) is 0 Å². The Morgan fingerprint density at radius 1 is 0.613 bits per heavy atom. The van der Waals surface area contributed by atoms with Crippen molar-refractivity contribution in [1.29, 1.82) is 0 Å². The molecule has 0 spiro atoms. The zero-order valence-corrected chi connectivity index (χ0v) is 15.3. The van der Waals surface area contributed by atoms with E-state index >= 15 is 0 Å². The molecule has 158 valence electrons. The normalized spacial score (nSPS) is 10.4.